The zero-order chi connectivity index (χ0) is 15.7. The van der Waals surface area contributed by atoms with Crippen molar-refractivity contribution in [1.82, 2.24) is 4.90 Å². The number of halogens is 1. The van der Waals surface area contributed by atoms with Gasteiger partial charge < -0.3 is 15.4 Å². The summed E-state index contributed by atoms with van der Waals surface area (Å²) < 4.78 is 5.35. The summed E-state index contributed by atoms with van der Waals surface area (Å²) in [4.78, 5) is 26.4. The van der Waals surface area contributed by atoms with Crippen LogP contribution in [0, 0.1) is 5.92 Å². The number of piperidine rings is 1. The Hall–Kier alpha value is -1.59. The van der Waals surface area contributed by atoms with E-state index >= 15 is 0 Å². The molecule has 2 aliphatic rings. The van der Waals surface area contributed by atoms with Crippen molar-refractivity contribution in [2.24, 2.45) is 11.7 Å². The number of fused-ring (bicyclic) bond motifs is 1. The van der Waals surface area contributed by atoms with Gasteiger partial charge in [0.2, 0.25) is 0 Å². The summed E-state index contributed by atoms with van der Waals surface area (Å²) in [5.74, 6) is -0.00433. The molecule has 6 heteroatoms. The van der Waals surface area contributed by atoms with Crippen LogP contribution in [-0.4, -0.2) is 42.0 Å². The van der Waals surface area contributed by atoms with E-state index in [2.05, 4.69) is 0 Å². The zero-order valence-corrected chi connectivity index (χ0v) is 14.1. The van der Waals surface area contributed by atoms with Crippen molar-refractivity contribution in [3.05, 3.63) is 35.4 Å². The number of carbonyl (C=O) groups is 2. The molecule has 1 aromatic carbocycles. The topological polar surface area (TPSA) is 72.6 Å². The molecule has 2 heterocycles. The smallest absolute Gasteiger partial charge is 0.339 e. The van der Waals surface area contributed by atoms with Crippen molar-refractivity contribution in [3.8, 4) is 0 Å². The third kappa shape index (κ3) is 3.67. The van der Waals surface area contributed by atoms with Crippen molar-refractivity contribution in [3.63, 3.8) is 0 Å². The minimum atomic E-state index is -0.686. The van der Waals surface area contributed by atoms with Crippen LogP contribution in [0.2, 0.25) is 0 Å². The Bertz CT molecular complexity index is 583. The van der Waals surface area contributed by atoms with E-state index in [0.29, 0.717) is 31.0 Å². The van der Waals surface area contributed by atoms with Crippen LogP contribution in [0.1, 0.15) is 35.7 Å². The first-order valence-electron chi connectivity index (χ1n) is 7.89. The van der Waals surface area contributed by atoms with E-state index in [-0.39, 0.29) is 24.4 Å². The van der Waals surface area contributed by atoms with E-state index in [4.69, 9.17) is 10.5 Å². The number of nitrogens with two attached hydrogens (primary N) is 1. The third-order valence-electron chi connectivity index (χ3n) is 4.76. The lowest BCUT2D eigenvalue weighted by atomic mass is 9.90. The van der Waals surface area contributed by atoms with E-state index in [9.17, 15) is 9.59 Å². The number of esters is 1. The maximum atomic E-state index is 12.6. The van der Waals surface area contributed by atoms with Crippen LogP contribution in [-0.2, 0) is 16.0 Å². The second-order valence-corrected chi connectivity index (χ2v) is 6.28. The molecular weight excluding hydrogens is 316 g/mol. The minimum Gasteiger partial charge on any atom is -0.448 e. The van der Waals surface area contributed by atoms with Gasteiger partial charge in [-0.3, -0.25) is 4.79 Å². The van der Waals surface area contributed by atoms with Gasteiger partial charge in [0, 0.05) is 25.6 Å². The van der Waals surface area contributed by atoms with E-state index in [0.717, 1.165) is 18.4 Å². The van der Waals surface area contributed by atoms with Crippen LogP contribution >= 0.6 is 12.4 Å². The van der Waals surface area contributed by atoms with Gasteiger partial charge in [-0.25, -0.2) is 4.79 Å². The number of hydrogen-bond donors (Lipinski definition) is 1. The molecule has 0 aliphatic carbocycles. The predicted octanol–water partition coefficient (Wildman–Crippen LogP) is 1.78. The molecular formula is C17H23ClN2O3. The van der Waals surface area contributed by atoms with Gasteiger partial charge in [-0.1, -0.05) is 18.2 Å². The molecule has 0 radical (unpaired) electrons. The number of carbonyl (C=O) groups excluding carboxylic acids is 2. The van der Waals surface area contributed by atoms with Gasteiger partial charge in [0.1, 0.15) is 0 Å². The highest BCUT2D eigenvalue weighted by molar-refractivity contribution is 5.95. The molecule has 0 bridgehead atoms. The maximum absolute atomic E-state index is 12.6. The Labute approximate surface area is 142 Å². The van der Waals surface area contributed by atoms with Crippen molar-refractivity contribution >= 4 is 24.3 Å². The highest BCUT2D eigenvalue weighted by atomic mass is 35.5. The molecule has 126 valence electrons. The molecule has 0 saturated carbocycles. The maximum Gasteiger partial charge on any atom is 0.339 e. The number of likely N-dealkylation sites (tertiary alicyclic amines) is 1. The molecule has 2 aliphatic heterocycles. The molecule has 1 saturated heterocycles. The van der Waals surface area contributed by atoms with Gasteiger partial charge in [-0.05, 0) is 37.3 Å². The molecule has 0 spiro atoms. The van der Waals surface area contributed by atoms with Crippen molar-refractivity contribution in [2.45, 2.75) is 38.3 Å². The van der Waals surface area contributed by atoms with Gasteiger partial charge in [-0.15, -0.1) is 12.4 Å². The third-order valence-corrected chi connectivity index (χ3v) is 4.76. The monoisotopic (exact) mass is 338 g/mol. The quantitative estimate of drug-likeness (QED) is 0.834. The molecule has 0 aromatic heterocycles. The largest absolute Gasteiger partial charge is 0.448 e. The Kier molecular flexibility index (Phi) is 5.65. The average molecular weight is 339 g/mol. The SMILES string of the molecule is CC(N)C1CCN(C(=O)C2Cc3ccccc3C(=O)O2)CC1.Cl. The van der Waals surface area contributed by atoms with Gasteiger partial charge in [0.05, 0.1) is 5.56 Å². The number of rotatable bonds is 2. The molecule has 2 unspecified atom stereocenters. The van der Waals surface area contributed by atoms with E-state index in [1.54, 1.807) is 12.1 Å². The second kappa shape index (κ2) is 7.32. The van der Waals surface area contributed by atoms with Gasteiger partial charge in [0.25, 0.3) is 5.91 Å². The summed E-state index contributed by atoms with van der Waals surface area (Å²) in [6.45, 7) is 3.41. The first kappa shape index (κ1) is 17.8. The summed E-state index contributed by atoms with van der Waals surface area (Å²) in [6, 6.07) is 7.48. The number of amides is 1. The lowest BCUT2D eigenvalue weighted by Crippen LogP contribution is -2.49. The number of benzene rings is 1. The van der Waals surface area contributed by atoms with Crippen molar-refractivity contribution in [1.29, 1.82) is 0 Å². The van der Waals surface area contributed by atoms with Crippen LogP contribution in [0.4, 0.5) is 0 Å². The van der Waals surface area contributed by atoms with Gasteiger partial charge >= 0.3 is 5.97 Å². The Morgan fingerprint density at radius 3 is 2.61 bits per heavy atom. The Morgan fingerprint density at radius 2 is 1.96 bits per heavy atom. The fourth-order valence-electron chi connectivity index (χ4n) is 3.32. The van der Waals surface area contributed by atoms with E-state index in [1.165, 1.54) is 0 Å². The second-order valence-electron chi connectivity index (χ2n) is 6.28. The van der Waals surface area contributed by atoms with Gasteiger partial charge in [-0.2, -0.15) is 0 Å². The van der Waals surface area contributed by atoms with Crippen molar-refractivity contribution in [2.75, 3.05) is 13.1 Å². The lowest BCUT2D eigenvalue weighted by Gasteiger charge is -2.36. The zero-order valence-electron chi connectivity index (χ0n) is 13.2. The van der Waals surface area contributed by atoms with Gasteiger partial charge in [0.15, 0.2) is 6.10 Å². The van der Waals surface area contributed by atoms with E-state index < -0.39 is 12.1 Å². The van der Waals surface area contributed by atoms with Crippen LogP contribution in [0.5, 0.6) is 0 Å². The standard InChI is InChI=1S/C17H22N2O3.ClH/c1-11(18)12-6-8-19(9-7-12)16(20)15-10-13-4-2-3-5-14(13)17(21)22-15;/h2-5,11-12,15H,6-10,18H2,1H3;1H. The highest BCUT2D eigenvalue weighted by Gasteiger charge is 2.35. The Balaban J connectivity index is 0.00000192. The predicted molar refractivity (Wildman–Crippen MR) is 89.6 cm³/mol. The number of hydrogen-bond acceptors (Lipinski definition) is 4. The lowest BCUT2D eigenvalue weighted by molar-refractivity contribution is -0.142. The van der Waals surface area contributed by atoms with Crippen LogP contribution in [0.15, 0.2) is 24.3 Å². The number of cyclic esters (lactones) is 1. The normalized spacial score (nSPS) is 22.6. The first-order valence-corrected chi connectivity index (χ1v) is 7.89. The first-order chi connectivity index (χ1) is 10.6. The molecule has 1 amide bonds. The summed E-state index contributed by atoms with van der Waals surface area (Å²) in [7, 11) is 0. The van der Waals surface area contributed by atoms with Crippen molar-refractivity contribution < 1.29 is 14.3 Å². The van der Waals surface area contributed by atoms with Crippen LogP contribution < -0.4 is 5.73 Å². The minimum absolute atomic E-state index is 0. The fraction of sp³-hybridized carbons (Fsp3) is 0.529. The summed E-state index contributed by atoms with van der Waals surface area (Å²) >= 11 is 0. The number of ether oxygens (including phenoxy) is 1. The summed E-state index contributed by atoms with van der Waals surface area (Å²) in [5.41, 5.74) is 7.39. The molecule has 23 heavy (non-hydrogen) atoms. The molecule has 1 fully saturated rings. The van der Waals surface area contributed by atoms with Crippen LogP contribution in [0.25, 0.3) is 0 Å². The highest BCUT2D eigenvalue weighted by Crippen LogP contribution is 2.24. The molecule has 5 nitrogen and oxygen atoms in total. The Morgan fingerprint density at radius 1 is 1.30 bits per heavy atom. The summed E-state index contributed by atoms with van der Waals surface area (Å²) in [5, 5.41) is 0. The summed E-state index contributed by atoms with van der Waals surface area (Å²) in [6.07, 6.45) is 1.62. The van der Waals surface area contributed by atoms with Crippen LogP contribution in [0.3, 0.4) is 0 Å². The molecule has 2 N–H and O–H groups in total. The molecule has 2 atom stereocenters. The average Bonchev–Trinajstić information content (AvgIpc) is 2.54. The van der Waals surface area contributed by atoms with E-state index in [1.807, 2.05) is 24.0 Å². The number of nitrogens with zero attached hydrogens (tertiary/aromatic N) is 1. The molecule has 1 aromatic rings. The fourth-order valence-corrected chi connectivity index (χ4v) is 3.32. The molecule has 3 rings (SSSR count).